The lowest BCUT2D eigenvalue weighted by Crippen LogP contribution is -2.50. The molecule has 0 aliphatic heterocycles. The van der Waals surface area contributed by atoms with Crippen molar-refractivity contribution in [3.05, 3.63) is 41.5 Å². The Bertz CT molecular complexity index is 903. The lowest BCUT2D eigenvalue weighted by atomic mass is 9.63. The summed E-state index contributed by atoms with van der Waals surface area (Å²) in [6.45, 7) is 5.54. The first-order chi connectivity index (χ1) is 12.7. The monoisotopic (exact) mass is 372 g/mol. The van der Waals surface area contributed by atoms with Crippen LogP contribution in [0.4, 0.5) is 0 Å². The molecule has 0 saturated carbocycles. The molecule has 27 heavy (non-hydrogen) atoms. The van der Waals surface area contributed by atoms with Gasteiger partial charge in [-0.1, -0.05) is 32.9 Å². The standard InChI is InChI=1S/C21H24O6/c1-11(2)7-8-21(25)16-10-14-13(5-4-6-17(14)22)9-15(16)19(23)12(3)18(21)20(24)27-26/h4-6,9-12,18,22,25-26H,7-8H2,1-3H3. The van der Waals surface area contributed by atoms with Gasteiger partial charge in [0.15, 0.2) is 5.78 Å². The molecular weight excluding hydrogens is 348 g/mol. The Morgan fingerprint density at radius 1 is 1.30 bits per heavy atom. The Morgan fingerprint density at radius 2 is 2.00 bits per heavy atom. The smallest absolute Gasteiger partial charge is 0.349 e. The Balaban J connectivity index is 2.29. The van der Waals surface area contributed by atoms with Crippen molar-refractivity contribution in [3.63, 3.8) is 0 Å². The molecule has 0 saturated heterocycles. The second-order valence-electron chi connectivity index (χ2n) is 7.79. The van der Waals surface area contributed by atoms with Gasteiger partial charge in [-0.15, -0.1) is 0 Å². The second-order valence-corrected chi connectivity index (χ2v) is 7.79. The number of fused-ring (bicyclic) bond motifs is 2. The number of phenols is 1. The highest BCUT2D eigenvalue weighted by Crippen LogP contribution is 2.48. The SMILES string of the molecule is CC(C)CCC1(O)c2cc3c(O)cccc3cc2C(=O)C(C)C1C(=O)OO. The number of carbonyl (C=O) groups is 2. The minimum Gasteiger partial charge on any atom is -0.507 e. The molecule has 6 nitrogen and oxygen atoms in total. The summed E-state index contributed by atoms with van der Waals surface area (Å²) < 4.78 is 0. The number of aliphatic hydroxyl groups is 1. The molecule has 3 unspecified atom stereocenters. The number of hydrogen-bond donors (Lipinski definition) is 3. The molecule has 0 spiro atoms. The van der Waals surface area contributed by atoms with E-state index in [9.17, 15) is 19.8 Å². The van der Waals surface area contributed by atoms with Crippen molar-refractivity contribution in [1.29, 1.82) is 0 Å². The highest BCUT2D eigenvalue weighted by atomic mass is 17.1. The number of aromatic hydroxyl groups is 1. The van der Waals surface area contributed by atoms with E-state index < -0.39 is 23.4 Å². The minimum absolute atomic E-state index is 0.0221. The second kappa shape index (κ2) is 6.94. The van der Waals surface area contributed by atoms with E-state index in [1.165, 1.54) is 6.07 Å². The predicted octanol–water partition coefficient (Wildman–Crippen LogP) is 3.63. The van der Waals surface area contributed by atoms with Crippen molar-refractivity contribution in [2.45, 2.75) is 39.2 Å². The van der Waals surface area contributed by atoms with E-state index in [0.717, 1.165) is 0 Å². The molecule has 3 atom stereocenters. The number of benzene rings is 2. The van der Waals surface area contributed by atoms with Crippen LogP contribution < -0.4 is 0 Å². The molecule has 2 aromatic carbocycles. The number of phenolic OH excluding ortho intramolecular Hbond substituents is 1. The van der Waals surface area contributed by atoms with Crippen LogP contribution in [0.25, 0.3) is 10.8 Å². The third-order valence-electron chi connectivity index (χ3n) is 5.60. The first kappa shape index (κ1) is 19.3. The average Bonchev–Trinajstić information content (AvgIpc) is 2.64. The maximum absolute atomic E-state index is 12.9. The molecule has 2 aromatic rings. The van der Waals surface area contributed by atoms with Crippen LogP contribution in [0.15, 0.2) is 30.3 Å². The predicted molar refractivity (Wildman–Crippen MR) is 99.3 cm³/mol. The van der Waals surface area contributed by atoms with Crippen molar-refractivity contribution in [3.8, 4) is 5.75 Å². The zero-order valence-corrected chi connectivity index (χ0v) is 15.6. The van der Waals surface area contributed by atoms with Gasteiger partial charge in [-0.2, -0.15) is 5.26 Å². The minimum atomic E-state index is -1.69. The zero-order chi connectivity index (χ0) is 19.9. The lowest BCUT2D eigenvalue weighted by molar-refractivity contribution is -0.248. The number of carbonyl (C=O) groups excluding carboxylic acids is 2. The van der Waals surface area contributed by atoms with Gasteiger partial charge in [0.25, 0.3) is 0 Å². The van der Waals surface area contributed by atoms with Crippen LogP contribution in [-0.2, 0) is 15.3 Å². The summed E-state index contributed by atoms with van der Waals surface area (Å²) in [5, 5.41) is 31.9. The Labute approximate surface area is 157 Å². The molecule has 1 aliphatic carbocycles. The van der Waals surface area contributed by atoms with Gasteiger partial charge in [-0.25, -0.2) is 4.79 Å². The van der Waals surface area contributed by atoms with Crippen LogP contribution in [0.5, 0.6) is 5.75 Å². The molecule has 0 heterocycles. The molecule has 0 amide bonds. The van der Waals surface area contributed by atoms with Crippen LogP contribution in [0, 0.1) is 17.8 Å². The summed E-state index contributed by atoms with van der Waals surface area (Å²) in [6.07, 6.45) is 0.818. The molecule has 6 heteroatoms. The topological polar surface area (TPSA) is 104 Å². The van der Waals surface area contributed by atoms with E-state index in [2.05, 4.69) is 4.89 Å². The largest absolute Gasteiger partial charge is 0.507 e. The van der Waals surface area contributed by atoms with Gasteiger partial charge in [-0.05, 0) is 47.9 Å². The normalized spacial score (nSPS) is 24.9. The fraction of sp³-hybridized carbons (Fsp3) is 0.429. The first-order valence-corrected chi connectivity index (χ1v) is 9.08. The van der Waals surface area contributed by atoms with Crippen LogP contribution in [-0.4, -0.2) is 27.2 Å². The van der Waals surface area contributed by atoms with E-state index in [4.69, 9.17) is 5.26 Å². The van der Waals surface area contributed by atoms with Crippen molar-refractivity contribution in [2.75, 3.05) is 0 Å². The highest BCUT2D eigenvalue weighted by Gasteiger charge is 2.54. The van der Waals surface area contributed by atoms with Gasteiger partial charge in [0.1, 0.15) is 17.3 Å². The quantitative estimate of drug-likeness (QED) is 0.559. The summed E-state index contributed by atoms with van der Waals surface area (Å²) in [5.41, 5.74) is -1.08. The first-order valence-electron chi connectivity index (χ1n) is 9.08. The molecule has 0 radical (unpaired) electrons. The van der Waals surface area contributed by atoms with E-state index in [1.54, 1.807) is 31.2 Å². The summed E-state index contributed by atoms with van der Waals surface area (Å²) in [4.78, 5) is 29.2. The number of ketones is 1. The zero-order valence-electron chi connectivity index (χ0n) is 15.6. The van der Waals surface area contributed by atoms with Crippen molar-refractivity contribution >= 4 is 22.5 Å². The third kappa shape index (κ3) is 3.09. The Hall–Kier alpha value is -2.44. The van der Waals surface area contributed by atoms with Crippen LogP contribution in [0.2, 0.25) is 0 Å². The molecule has 3 N–H and O–H groups in total. The van der Waals surface area contributed by atoms with Crippen LogP contribution in [0.3, 0.4) is 0 Å². The maximum Gasteiger partial charge on any atom is 0.349 e. The van der Waals surface area contributed by atoms with E-state index in [1.807, 2.05) is 13.8 Å². The molecule has 1 aliphatic rings. The lowest BCUT2D eigenvalue weighted by Gasteiger charge is -2.42. The van der Waals surface area contributed by atoms with E-state index in [-0.39, 0.29) is 29.4 Å². The molecular formula is C21H24O6. The third-order valence-corrected chi connectivity index (χ3v) is 5.60. The van der Waals surface area contributed by atoms with Crippen molar-refractivity contribution in [1.82, 2.24) is 0 Å². The molecule has 3 rings (SSSR count). The van der Waals surface area contributed by atoms with E-state index in [0.29, 0.717) is 22.8 Å². The number of hydrogen-bond acceptors (Lipinski definition) is 6. The molecule has 0 bridgehead atoms. The number of Topliss-reactive ketones (excluding diaryl/α,β-unsaturated/α-hetero) is 1. The van der Waals surface area contributed by atoms with Gasteiger partial charge in [0.05, 0.1) is 0 Å². The summed E-state index contributed by atoms with van der Waals surface area (Å²) in [7, 11) is 0. The Morgan fingerprint density at radius 3 is 2.63 bits per heavy atom. The summed E-state index contributed by atoms with van der Waals surface area (Å²) in [6, 6.07) is 8.19. The number of rotatable bonds is 4. The van der Waals surface area contributed by atoms with E-state index >= 15 is 0 Å². The van der Waals surface area contributed by atoms with Gasteiger partial charge in [0, 0.05) is 16.9 Å². The fourth-order valence-electron chi connectivity index (χ4n) is 4.10. The van der Waals surface area contributed by atoms with Crippen molar-refractivity contribution < 1.29 is 29.9 Å². The van der Waals surface area contributed by atoms with Gasteiger partial charge in [-0.3, -0.25) is 4.79 Å². The molecule has 0 fully saturated rings. The summed E-state index contributed by atoms with van der Waals surface area (Å²) >= 11 is 0. The molecule has 0 aromatic heterocycles. The van der Waals surface area contributed by atoms with Gasteiger partial charge in [0.2, 0.25) is 0 Å². The fourth-order valence-corrected chi connectivity index (χ4v) is 4.10. The van der Waals surface area contributed by atoms with Gasteiger partial charge < -0.3 is 15.1 Å². The average molecular weight is 372 g/mol. The Kier molecular flexibility index (Phi) is 4.97. The highest BCUT2D eigenvalue weighted by molar-refractivity contribution is 6.07. The van der Waals surface area contributed by atoms with Crippen LogP contribution in [0.1, 0.15) is 49.5 Å². The van der Waals surface area contributed by atoms with Crippen LogP contribution >= 0.6 is 0 Å². The maximum atomic E-state index is 12.9. The molecule has 144 valence electrons. The van der Waals surface area contributed by atoms with Crippen molar-refractivity contribution in [2.24, 2.45) is 17.8 Å². The van der Waals surface area contributed by atoms with Gasteiger partial charge >= 0.3 is 5.97 Å². The summed E-state index contributed by atoms with van der Waals surface area (Å²) in [5.74, 6) is -3.16.